The summed E-state index contributed by atoms with van der Waals surface area (Å²) >= 11 is 1.79. The molecule has 0 spiro atoms. The van der Waals surface area contributed by atoms with Gasteiger partial charge in [-0.05, 0) is 49.5 Å². The van der Waals surface area contributed by atoms with Crippen LogP contribution >= 0.6 is 11.9 Å². The third-order valence-corrected chi connectivity index (χ3v) is 7.33. The van der Waals surface area contributed by atoms with E-state index in [2.05, 4.69) is 77.5 Å². The molecule has 3 nitrogen and oxygen atoms in total. The van der Waals surface area contributed by atoms with Crippen LogP contribution in [0, 0.1) is 5.41 Å². The van der Waals surface area contributed by atoms with Crippen LogP contribution in [0.3, 0.4) is 0 Å². The number of hydrogen-bond acceptors (Lipinski definition) is 3. The van der Waals surface area contributed by atoms with Crippen LogP contribution in [0.2, 0.25) is 0 Å². The van der Waals surface area contributed by atoms with Gasteiger partial charge in [0, 0.05) is 34.4 Å². The highest BCUT2D eigenvalue weighted by atomic mass is 32.2. The second-order valence-corrected chi connectivity index (χ2v) is 9.81. The molecule has 1 N–H and O–H groups in total. The zero-order valence-corrected chi connectivity index (χ0v) is 18.1. The second-order valence-electron chi connectivity index (χ2n) is 8.98. The number of benzene rings is 2. The quantitative estimate of drug-likeness (QED) is 0.541. The summed E-state index contributed by atoms with van der Waals surface area (Å²) in [4.78, 5) is 0. The topological polar surface area (TPSA) is 28.4 Å². The number of aliphatic hydroxyl groups is 1. The van der Waals surface area contributed by atoms with Crippen LogP contribution in [0.1, 0.15) is 39.5 Å². The van der Waals surface area contributed by atoms with Crippen molar-refractivity contribution >= 4 is 33.8 Å². The van der Waals surface area contributed by atoms with Gasteiger partial charge in [-0.25, -0.2) is 4.31 Å². The summed E-state index contributed by atoms with van der Waals surface area (Å²) in [5.74, 6) is 0. The molecule has 0 bridgehead atoms. The SMILES string of the molecule is CSN(CC(O)Cn1c2ccccc2c2ccccc21)C1CCC(C)(C)CC1. The van der Waals surface area contributed by atoms with Crippen molar-refractivity contribution in [2.45, 2.75) is 58.2 Å². The van der Waals surface area contributed by atoms with Crippen LogP contribution < -0.4 is 0 Å². The first kappa shape index (κ1) is 19.8. The zero-order chi connectivity index (χ0) is 19.7. The van der Waals surface area contributed by atoms with Crippen molar-refractivity contribution in [1.29, 1.82) is 0 Å². The highest BCUT2D eigenvalue weighted by molar-refractivity contribution is 7.96. The molecular weight excluding hydrogens is 364 g/mol. The lowest BCUT2D eigenvalue weighted by Gasteiger charge is -2.39. The third-order valence-electron chi connectivity index (χ3n) is 6.41. The highest BCUT2D eigenvalue weighted by Crippen LogP contribution is 2.38. The molecule has 0 saturated heterocycles. The second kappa shape index (κ2) is 8.10. The Balaban J connectivity index is 1.52. The molecular formula is C24H32N2OS. The maximum atomic E-state index is 11.0. The predicted molar refractivity (Wildman–Crippen MR) is 122 cm³/mol. The Morgan fingerprint density at radius 2 is 1.57 bits per heavy atom. The minimum atomic E-state index is -0.387. The first-order valence-electron chi connectivity index (χ1n) is 10.4. The Hall–Kier alpha value is -1.49. The van der Waals surface area contributed by atoms with Gasteiger partial charge in [-0.2, -0.15) is 0 Å². The van der Waals surface area contributed by atoms with Gasteiger partial charge >= 0.3 is 0 Å². The fourth-order valence-corrected chi connectivity index (χ4v) is 5.55. The minimum Gasteiger partial charge on any atom is -0.390 e. The first-order valence-corrected chi connectivity index (χ1v) is 11.6. The largest absolute Gasteiger partial charge is 0.390 e. The summed E-state index contributed by atoms with van der Waals surface area (Å²) in [5.41, 5.74) is 2.89. The standard InChI is InChI=1S/C24H32N2OS/c1-24(2)14-12-18(13-15-24)26(28-3)17-19(27)16-25-22-10-6-4-8-20(22)21-9-5-7-11-23(21)25/h4-11,18-19,27H,12-17H2,1-3H3. The summed E-state index contributed by atoms with van der Waals surface area (Å²) in [6.07, 6.45) is 6.77. The molecule has 1 atom stereocenters. The summed E-state index contributed by atoms with van der Waals surface area (Å²) < 4.78 is 4.71. The molecule has 2 aromatic carbocycles. The van der Waals surface area contributed by atoms with E-state index in [1.807, 2.05) is 0 Å². The monoisotopic (exact) mass is 396 g/mol. The van der Waals surface area contributed by atoms with E-state index >= 15 is 0 Å². The number of aromatic nitrogens is 1. The Labute approximate surface area is 172 Å². The summed E-state index contributed by atoms with van der Waals surface area (Å²) in [5, 5.41) is 13.5. The van der Waals surface area contributed by atoms with E-state index in [1.54, 1.807) is 11.9 Å². The highest BCUT2D eigenvalue weighted by Gasteiger charge is 2.31. The molecule has 150 valence electrons. The van der Waals surface area contributed by atoms with Gasteiger partial charge in [0.1, 0.15) is 0 Å². The first-order chi connectivity index (χ1) is 13.5. The molecule has 0 radical (unpaired) electrons. The number of para-hydroxylation sites is 2. The van der Waals surface area contributed by atoms with Crippen molar-refractivity contribution < 1.29 is 5.11 Å². The number of fused-ring (bicyclic) bond motifs is 3. The molecule has 1 aliphatic rings. The maximum absolute atomic E-state index is 11.0. The van der Waals surface area contributed by atoms with Crippen LogP contribution in [0.15, 0.2) is 48.5 Å². The number of rotatable bonds is 6. The number of hydrogen-bond donors (Lipinski definition) is 1. The molecule has 4 heteroatoms. The molecule has 1 aromatic heterocycles. The lowest BCUT2D eigenvalue weighted by Crippen LogP contribution is -2.40. The van der Waals surface area contributed by atoms with Gasteiger partial charge in [0.2, 0.25) is 0 Å². The molecule has 1 heterocycles. The van der Waals surface area contributed by atoms with Crippen molar-refractivity contribution in [3.63, 3.8) is 0 Å². The molecule has 4 rings (SSSR count). The average Bonchev–Trinajstić information content (AvgIpc) is 3.01. The van der Waals surface area contributed by atoms with Crippen LogP contribution in [0.5, 0.6) is 0 Å². The van der Waals surface area contributed by atoms with Crippen LogP contribution in [0.4, 0.5) is 0 Å². The smallest absolute Gasteiger partial charge is 0.0855 e. The third kappa shape index (κ3) is 3.96. The Bertz CT molecular complexity index is 885. The van der Waals surface area contributed by atoms with Gasteiger partial charge in [0.05, 0.1) is 12.6 Å². The van der Waals surface area contributed by atoms with E-state index in [1.165, 1.54) is 47.5 Å². The van der Waals surface area contributed by atoms with E-state index in [0.717, 1.165) is 0 Å². The van der Waals surface area contributed by atoms with Crippen molar-refractivity contribution in [1.82, 2.24) is 8.87 Å². The molecule has 3 aromatic rings. The molecule has 0 aliphatic heterocycles. The minimum absolute atomic E-state index is 0.387. The zero-order valence-electron chi connectivity index (χ0n) is 17.3. The van der Waals surface area contributed by atoms with E-state index in [0.29, 0.717) is 24.5 Å². The Morgan fingerprint density at radius 1 is 1.04 bits per heavy atom. The molecule has 1 fully saturated rings. The van der Waals surface area contributed by atoms with Gasteiger partial charge in [0.25, 0.3) is 0 Å². The number of nitrogens with zero attached hydrogens (tertiary/aromatic N) is 2. The summed E-state index contributed by atoms with van der Waals surface area (Å²) in [6.45, 7) is 6.10. The summed E-state index contributed by atoms with van der Waals surface area (Å²) in [7, 11) is 0. The van der Waals surface area contributed by atoms with E-state index in [-0.39, 0.29) is 6.10 Å². The van der Waals surface area contributed by atoms with E-state index in [4.69, 9.17) is 0 Å². The fourth-order valence-electron chi connectivity index (χ4n) is 4.72. The van der Waals surface area contributed by atoms with Gasteiger partial charge < -0.3 is 9.67 Å². The van der Waals surface area contributed by atoms with Crippen LogP contribution in [0.25, 0.3) is 21.8 Å². The molecule has 28 heavy (non-hydrogen) atoms. The lowest BCUT2D eigenvalue weighted by atomic mass is 9.75. The molecule has 1 aliphatic carbocycles. The fraction of sp³-hybridized carbons (Fsp3) is 0.500. The van der Waals surface area contributed by atoms with Crippen molar-refractivity contribution in [2.75, 3.05) is 12.8 Å². The number of aliphatic hydroxyl groups excluding tert-OH is 1. The normalized spacial score (nSPS) is 18.9. The maximum Gasteiger partial charge on any atom is 0.0855 e. The molecule has 0 amide bonds. The summed E-state index contributed by atoms with van der Waals surface area (Å²) in [6, 6.07) is 17.6. The van der Waals surface area contributed by atoms with Gasteiger partial charge in [-0.3, -0.25) is 0 Å². The van der Waals surface area contributed by atoms with Crippen molar-refractivity contribution in [3.8, 4) is 0 Å². The predicted octanol–water partition coefficient (Wildman–Crippen LogP) is 5.70. The average molecular weight is 397 g/mol. The molecule has 1 saturated carbocycles. The Kier molecular flexibility index (Phi) is 5.73. The molecule has 1 unspecified atom stereocenters. The van der Waals surface area contributed by atoms with Gasteiger partial charge in [0.15, 0.2) is 0 Å². The van der Waals surface area contributed by atoms with E-state index < -0.39 is 0 Å². The van der Waals surface area contributed by atoms with Gasteiger partial charge in [-0.15, -0.1) is 0 Å². The van der Waals surface area contributed by atoms with Gasteiger partial charge in [-0.1, -0.05) is 62.2 Å². The lowest BCUT2D eigenvalue weighted by molar-refractivity contribution is 0.100. The Morgan fingerprint density at radius 3 is 2.11 bits per heavy atom. The van der Waals surface area contributed by atoms with Crippen LogP contribution in [-0.4, -0.2) is 38.9 Å². The van der Waals surface area contributed by atoms with Crippen LogP contribution in [-0.2, 0) is 6.54 Å². The van der Waals surface area contributed by atoms with Crippen molar-refractivity contribution in [3.05, 3.63) is 48.5 Å². The van der Waals surface area contributed by atoms with Crippen molar-refractivity contribution in [2.24, 2.45) is 5.41 Å². The van der Waals surface area contributed by atoms with E-state index in [9.17, 15) is 5.11 Å².